The van der Waals surface area contributed by atoms with E-state index in [4.69, 9.17) is 14.2 Å². The predicted molar refractivity (Wildman–Crippen MR) is 157 cm³/mol. The number of esters is 1. The van der Waals surface area contributed by atoms with Gasteiger partial charge >= 0.3 is 11.7 Å². The number of fused-ring (bicyclic) bond motifs is 1. The van der Waals surface area contributed by atoms with E-state index in [0.29, 0.717) is 36.1 Å². The molecule has 0 unspecified atom stereocenters. The van der Waals surface area contributed by atoms with Crippen LogP contribution in [0.5, 0.6) is 5.75 Å². The van der Waals surface area contributed by atoms with Gasteiger partial charge in [0.05, 0.1) is 43.6 Å². The van der Waals surface area contributed by atoms with E-state index < -0.39 is 5.97 Å². The number of hydrogen-bond acceptors (Lipinski definition) is 7. The molecule has 0 atom stereocenters. The number of rotatable bonds is 12. The molecule has 3 aromatic carbocycles. The van der Waals surface area contributed by atoms with Gasteiger partial charge in [0.25, 0.3) is 0 Å². The minimum atomic E-state index is -0.432. The largest absolute Gasteiger partial charge is 0.497 e. The van der Waals surface area contributed by atoms with Gasteiger partial charge in [-0.15, -0.1) is 0 Å². The number of carbonyl (C=O) groups excluding carboxylic acids is 1. The molecular formula is C32H37N3O5. The lowest BCUT2D eigenvalue weighted by Crippen LogP contribution is -2.25. The Kier molecular flexibility index (Phi) is 9.69. The minimum Gasteiger partial charge on any atom is -0.497 e. The van der Waals surface area contributed by atoms with Crippen LogP contribution in [0.1, 0.15) is 41.3 Å². The summed E-state index contributed by atoms with van der Waals surface area (Å²) in [5.74, 6) is 0.648. The zero-order valence-corrected chi connectivity index (χ0v) is 23.8. The first-order chi connectivity index (χ1) is 19.3. The summed E-state index contributed by atoms with van der Waals surface area (Å²) in [6.07, 6.45) is 0. The molecule has 210 valence electrons. The third-order valence-electron chi connectivity index (χ3n) is 6.69. The van der Waals surface area contributed by atoms with Crippen LogP contribution in [0.25, 0.3) is 22.2 Å². The van der Waals surface area contributed by atoms with E-state index in [9.17, 15) is 9.59 Å². The van der Waals surface area contributed by atoms with Crippen molar-refractivity contribution in [2.75, 3.05) is 47.6 Å². The average Bonchev–Trinajstić information content (AvgIpc) is 2.95. The number of ether oxygens (including phenoxy) is 3. The first-order valence-corrected chi connectivity index (χ1v) is 13.4. The molecule has 0 fully saturated rings. The van der Waals surface area contributed by atoms with Gasteiger partial charge in [-0.1, -0.05) is 50.2 Å². The van der Waals surface area contributed by atoms with Crippen molar-refractivity contribution in [3.05, 3.63) is 93.9 Å². The fourth-order valence-corrected chi connectivity index (χ4v) is 4.39. The molecule has 40 heavy (non-hydrogen) atoms. The summed E-state index contributed by atoms with van der Waals surface area (Å²) in [7, 11) is 5.56. The van der Waals surface area contributed by atoms with Gasteiger partial charge in [0.1, 0.15) is 12.4 Å². The normalized spacial score (nSPS) is 11.4. The van der Waals surface area contributed by atoms with E-state index in [0.717, 1.165) is 28.6 Å². The molecule has 0 bridgehead atoms. The molecule has 4 aromatic rings. The van der Waals surface area contributed by atoms with Crippen LogP contribution in [0.4, 0.5) is 0 Å². The Bertz CT molecular complexity index is 1510. The van der Waals surface area contributed by atoms with Crippen molar-refractivity contribution in [2.45, 2.75) is 26.3 Å². The zero-order chi connectivity index (χ0) is 28.6. The maximum absolute atomic E-state index is 13.4. The quantitative estimate of drug-likeness (QED) is 0.184. The fraction of sp³-hybridized carbons (Fsp3) is 0.344. The van der Waals surface area contributed by atoms with Crippen molar-refractivity contribution in [3.8, 4) is 17.0 Å². The number of likely N-dealkylation sites (N-methyl/N-ethyl adjacent to an activating group) is 1. The SMILES string of the molecule is COc1ccc2c(c1)c(-c1ccc(C(C)C)cc1)nc(=O)n2Cc1cccc(C(=O)OCCOCCN(C)C)c1. The molecule has 0 saturated carbocycles. The zero-order valence-electron chi connectivity index (χ0n) is 23.8. The Morgan fingerprint density at radius 2 is 1.75 bits per heavy atom. The summed E-state index contributed by atoms with van der Waals surface area (Å²) in [4.78, 5) is 32.5. The van der Waals surface area contributed by atoms with Gasteiger partial charge in [0.2, 0.25) is 0 Å². The Hall–Kier alpha value is -4.01. The van der Waals surface area contributed by atoms with Gasteiger partial charge in [-0.3, -0.25) is 4.57 Å². The van der Waals surface area contributed by atoms with E-state index in [1.807, 2.05) is 55.4 Å². The summed E-state index contributed by atoms with van der Waals surface area (Å²) >= 11 is 0. The van der Waals surface area contributed by atoms with Crippen LogP contribution >= 0.6 is 0 Å². The van der Waals surface area contributed by atoms with E-state index >= 15 is 0 Å². The molecule has 8 nitrogen and oxygen atoms in total. The summed E-state index contributed by atoms with van der Waals surface area (Å²) in [5.41, 5.74) is 4.24. The maximum Gasteiger partial charge on any atom is 0.348 e. The highest BCUT2D eigenvalue weighted by Crippen LogP contribution is 2.30. The number of benzene rings is 3. The molecule has 0 saturated heterocycles. The second-order valence-corrected chi connectivity index (χ2v) is 10.2. The third kappa shape index (κ3) is 7.14. The van der Waals surface area contributed by atoms with Gasteiger partial charge in [-0.2, -0.15) is 4.98 Å². The van der Waals surface area contributed by atoms with Crippen LogP contribution in [0.2, 0.25) is 0 Å². The van der Waals surface area contributed by atoms with Crippen LogP contribution in [0, 0.1) is 0 Å². The van der Waals surface area contributed by atoms with Crippen molar-refractivity contribution in [1.82, 2.24) is 14.5 Å². The predicted octanol–water partition coefficient (Wildman–Crippen LogP) is 4.98. The van der Waals surface area contributed by atoms with Crippen molar-refractivity contribution in [3.63, 3.8) is 0 Å². The average molecular weight is 544 g/mol. The highest BCUT2D eigenvalue weighted by molar-refractivity contribution is 5.93. The number of hydrogen-bond donors (Lipinski definition) is 0. The number of carbonyl (C=O) groups is 1. The lowest BCUT2D eigenvalue weighted by Gasteiger charge is -2.15. The number of aromatic nitrogens is 2. The van der Waals surface area contributed by atoms with E-state index in [1.54, 1.807) is 29.9 Å². The Balaban J connectivity index is 1.59. The molecule has 0 aliphatic carbocycles. The molecule has 1 aromatic heterocycles. The molecule has 1 heterocycles. The molecule has 0 aliphatic rings. The van der Waals surface area contributed by atoms with Gasteiger partial charge in [0.15, 0.2) is 0 Å². The highest BCUT2D eigenvalue weighted by atomic mass is 16.6. The third-order valence-corrected chi connectivity index (χ3v) is 6.69. The molecule has 4 rings (SSSR count). The Morgan fingerprint density at radius 1 is 0.975 bits per heavy atom. The highest BCUT2D eigenvalue weighted by Gasteiger charge is 2.15. The van der Waals surface area contributed by atoms with E-state index in [1.165, 1.54) is 5.56 Å². The number of nitrogens with zero attached hydrogens (tertiary/aromatic N) is 3. The standard InChI is InChI=1S/C32H37N3O5/c1-22(2)24-9-11-25(12-10-24)30-28-20-27(38-5)13-14-29(28)35(32(37)33-30)21-23-7-6-8-26(19-23)31(36)40-18-17-39-16-15-34(3)4/h6-14,19-20,22H,15-18,21H2,1-5H3. The summed E-state index contributed by atoms with van der Waals surface area (Å²) in [6, 6.07) is 20.9. The molecule has 0 spiro atoms. The van der Waals surface area contributed by atoms with E-state index in [2.05, 4.69) is 31.0 Å². The lowest BCUT2D eigenvalue weighted by molar-refractivity contribution is 0.0299. The van der Waals surface area contributed by atoms with Crippen molar-refractivity contribution in [1.29, 1.82) is 0 Å². The monoisotopic (exact) mass is 543 g/mol. The summed E-state index contributed by atoms with van der Waals surface area (Å²) in [6.45, 7) is 6.42. The fourth-order valence-electron chi connectivity index (χ4n) is 4.39. The van der Waals surface area contributed by atoms with Crippen molar-refractivity contribution < 1.29 is 19.0 Å². The second-order valence-electron chi connectivity index (χ2n) is 10.2. The van der Waals surface area contributed by atoms with Crippen molar-refractivity contribution >= 4 is 16.9 Å². The maximum atomic E-state index is 13.4. The first kappa shape index (κ1) is 29.0. The van der Waals surface area contributed by atoms with Crippen molar-refractivity contribution in [2.24, 2.45) is 0 Å². The van der Waals surface area contributed by atoms with Crippen LogP contribution in [0.3, 0.4) is 0 Å². The van der Waals surface area contributed by atoms with Gasteiger partial charge in [0, 0.05) is 17.5 Å². The summed E-state index contributed by atoms with van der Waals surface area (Å²) in [5, 5.41) is 0.807. The van der Waals surface area contributed by atoms with Crippen LogP contribution in [0.15, 0.2) is 71.5 Å². The van der Waals surface area contributed by atoms with E-state index in [-0.39, 0.29) is 18.8 Å². The Morgan fingerprint density at radius 3 is 2.45 bits per heavy atom. The Labute approximate surface area is 235 Å². The van der Waals surface area contributed by atoms with Gasteiger partial charge < -0.3 is 19.1 Å². The number of methoxy groups -OCH3 is 1. The first-order valence-electron chi connectivity index (χ1n) is 13.4. The van der Waals surface area contributed by atoms with Crippen LogP contribution in [-0.4, -0.2) is 68.0 Å². The topological polar surface area (TPSA) is 82.9 Å². The molecule has 0 aliphatic heterocycles. The van der Waals surface area contributed by atoms with Crippen LogP contribution < -0.4 is 10.4 Å². The molecule has 0 amide bonds. The smallest absolute Gasteiger partial charge is 0.348 e. The molecule has 0 N–H and O–H groups in total. The molecular weight excluding hydrogens is 506 g/mol. The summed E-state index contributed by atoms with van der Waals surface area (Å²) < 4.78 is 18.0. The van der Waals surface area contributed by atoms with Crippen LogP contribution in [-0.2, 0) is 16.0 Å². The van der Waals surface area contributed by atoms with Gasteiger partial charge in [-0.25, -0.2) is 9.59 Å². The second kappa shape index (κ2) is 13.4. The van der Waals surface area contributed by atoms with Gasteiger partial charge in [-0.05, 0) is 61.5 Å². The molecule has 0 radical (unpaired) electrons. The molecule has 8 heteroatoms. The minimum absolute atomic E-state index is 0.173. The lowest BCUT2D eigenvalue weighted by atomic mass is 9.99.